The van der Waals surface area contributed by atoms with Crippen molar-refractivity contribution >= 4 is 11.4 Å². The molecule has 0 amide bonds. The predicted molar refractivity (Wildman–Crippen MR) is 73.2 cm³/mol. The van der Waals surface area contributed by atoms with Crippen LogP contribution in [0.3, 0.4) is 0 Å². The summed E-state index contributed by atoms with van der Waals surface area (Å²) in [5, 5.41) is 3.03. The summed E-state index contributed by atoms with van der Waals surface area (Å²) in [6.45, 7) is 5.23. The highest BCUT2D eigenvalue weighted by Gasteiger charge is 2.09. The van der Waals surface area contributed by atoms with Crippen molar-refractivity contribution in [1.82, 2.24) is 4.90 Å². The molecule has 0 aliphatic carbocycles. The van der Waals surface area contributed by atoms with Gasteiger partial charge in [-0.25, -0.2) is 0 Å². The van der Waals surface area contributed by atoms with Crippen molar-refractivity contribution in [2.24, 2.45) is 0 Å². The second-order valence-corrected chi connectivity index (χ2v) is 4.30. The first-order valence-electron chi connectivity index (χ1n) is 6.30. The molecule has 3 N–H and O–H groups in total. The minimum atomic E-state index is 0.679. The fraction of sp³-hybridized carbons (Fsp3) is 0.538. The predicted octanol–water partition coefficient (Wildman–Crippen LogP) is 1.02. The van der Waals surface area contributed by atoms with Gasteiger partial charge in [0.05, 0.1) is 24.6 Å². The molecule has 5 nitrogen and oxygen atoms in total. The Bertz CT molecular complexity index is 378. The molecule has 1 aromatic carbocycles. The van der Waals surface area contributed by atoms with E-state index in [2.05, 4.69) is 10.2 Å². The zero-order valence-electron chi connectivity index (χ0n) is 10.8. The highest BCUT2D eigenvalue weighted by atomic mass is 16.5. The molecular formula is C13H21N3O2. The van der Waals surface area contributed by atoms with Crippen LogP contribution in [0.15, 0.2) is 18.2 Å². The summed E-state index contributed by atoms with van der Waals surface area (Å²) in [6.07, 6.45) is 0. The minimum absolute atomic E-state index is 0.679. The van der Waals surface area contributed by atoms with Crippen LogP contribution in [-0.4, -0.2) is 51.4 Å². The second kappa shape index (κ2) is 6.47. The van der Waals surface area contributed by atoms with Gasteiger partial charge in [-0.15, -0.1) is 0 Å². The van der Waals surface area contributed by atoms with Crippen molar-refractivity contribution in [3.63, 3.8) is 0 Å². The van der Waals surface area contributed by atoms with Gasteiger partial charge in [0, 0.05) is 32.7 Å². The first kappa shape index (κ1) is 13.0. The van der Waals surface area contributed by atoms with Crippen LogP contribution in [0, 0.1) is 0 Å². The highest BCUT2D eigenvalue weighted by Crippen LogP contribution is 2.23. The number of nitrogen functional groups attached to an aromatic ring is 1. The molecule has 1 heterocycles. The number of nitrogens with two attached hydrogens (primary N) is 1. The summed E-state index contributed by atoms with van der Waals surface area (Å²) in [6, 6.07) is 5.71. The summed E-state index contributed by atoms with van der Waals surface area (Å²) >= 11 is 0. The Morgan fingerprint density at radius 2 is 2.17 bits per heavy atom. The fourth-order valence-corrected chi connectivity index (χ4v) is 1.98. The molecule has 1 fully saturated rings. The van der Waals surface area contributed by atoms with E-state index in [4.69, 9.17) is 15.2 Å². The molecular weight excluding hydrogens is 230 g/mol. The Morgan fingerprint density at radius 3 is 2.83 bits per heavy atom. The molecule has 0 aromatic heterocycles. The Hall–Kier alpha value is -1.46. The van der Waals surface area contributed by atoms with Gasteiger partial charge in [0.2, 0.25) is 0 Å². The first-order chi connectivity index (χ1) is 8.79. The molecule has 1 saturated heterocycles. The molecule has 0 unspecified atom stereocenters. The van der Waals surface area contributed by atoms with E-state index in [0.29, 0.717) is 12.3 Å². The molecule has 0 saturated carbocycles. The van der Waals surface area contributed by atoms with Gasteiger partial charge < -0.3 is 20.5 Å². The van der Waals surface area contributed by atoms with Crippen LogP contribution in [0.2, 0.25) is 0 Å². The summed E-state index contributed by atoms with van der Waals surface area (Å²) < 4.78 is 11.0. The van der Waals surface area contributed by atoms with Gasteiger partial charge >= 0.3 is 0 Å². The van der Waals surface area contributed by atoms with E-state index < -0.39 is 0 Å². The molecule has 5 heteroatoms. The van der Waals surface area contributed by atoms with E-state index in [1.54, 1.807) is 0 Å². The molecule has 0 spiro atoms. The normalized spacial score (nSPS) is 16.5. The average molecular weight is 251 g/mol. The van der Waals surface area contributed by atoms with Crippen LogP contribution in [-0.2, 0) is 4.74 Å². The summed E-state index contributed by atoms with van der Waals surface area (Å²) in [4.78, 5) is 2.34. The number of hydrogen-bond acceptors (Lipinski definition) is 5. The van der Waals surface area contributed by atoms with Crippen LogP contribution >= 0.6 is 0 Å². The summed E-state index contributed by atoms with van der Waals surface area (Å²) in [7, 11) is 1.85. The number of nitrogens with zero attached hydrogens (tertiary/aromatic N) is 1. The van der Waals surface area contributed by atoms with Gasteiger partial charge in [-0.3, -0.25) is 4.90 Å². The maximum absolute atomic E-state index is 5.88. The van der Waals surface area contributed by atoms with Gasteiger partial charge in [0.25, 0.3) is 0 Å². The lowest BCUT2D eigenvalue weighted by molar-refractivity contribution is 0.0322. The van der Waals surface area contributed by atoms with Crippen LogP contribution in [0.25, 0.3) is 0 Å². The van der Waals surface area contributed by atoms with Gasteiger partial charge in [0.1, 0.15) is 12.4 Å². The van der Waals surface area contributed by atoms with E-state index in [1.807, 2.05) is 25.2 Å². The van der Waals surface area contributed by atoms with Crippen molar-refractivity contribution in [2.75, 3.05) is 57.6 Å². The topological polar surface area (TPSA) is 59.8 Å². The monoisotopic (exact) mass is 251 g/mol. The van der Waals surface area contributed by atoms with Gasteiger partial charge in [-0.05, 0) is 12.1 Å². The molecule has 18 heavy (non-hydrogen) atoms. The third kappa shape index (κ3) is 3.51. The lowest BCUT2D eigenvalue weighted by Gasteiger charge is -2.26. The zero-order chi connectivity index (χ0) is 12.8. The molecule has 0 radical (unpaired) electrons. The van der Waals surface area contributed by atoms with Crippen molar-refractivity contribution in [3.05, 3.63) is 18.2 Å². The number of rotatable bonds is 5. The third-order valence-corrected chi connectivity index (χ3v) is 3.07. The number of morpholine rings is 1. The van der Waals surface area contributed by atoms with Crippen LogP contribution in [0.1, 0.15) is 0 Å². The SMILES string of the molecule is CNc1ccc(OCCN2CCOCC2)cc1N. The van der Waals surface area contributed by atoms with Gasteiger partial charge in [-0.2, -0.15) is 0 Å². The Balaban J connectivity index is 1.77. The molecule has 1 aliphatic heterocycles. The second-order valence-electron chi connectivity index (χ2n) is 4.30. The Labute approximate surface area is 108 Å². The van der Waals surface area contributed by atoms with Crippen LogP contribution < -0.4 is 15.8 Å². The number of hydrogen-bond donors (Lipinski definition) is 2. The number of benzene rings is 1. The van der Waals surface area contributed by atoms with Crippen LogP contribution in [0.4, 0.5) is 11.4 Å². The van der Waals surface area contributed by atoms with Gasteiger partial charge in [-0.1, -0.05) is 0 Å². The average Bonchev–Trinajstić information content (AvgIpc) is 2.40. The van der Waals surface area contributed by atoms with E-state index in [-0.39, 0.29) is 0 Å². The highest BCUT2D eigenvalue weighted by molar-refractivity contribution is 5.67. The van der Waals surface area contributed by atoms with Crippen molar-refractivity contribution in [3.8, 4) is 5.75 Å². The first-order valence-corrected chi connectivity index (χ1v) is 6.30. The smallest absolute Gasteiger partial charge is 0.121 e. The van der Waals surface area contributed by atoms with E-state index >= 15 is 0 Å². The summed E-state index contributed by atoms with van der Waals surface area (Å²) in [5.41, 5.74) is 7.51. The van der Waals surface area contributed by atoms with E-state index in [0.717, 1.165) is 44.3 Å². The van der Waals surface area contributed by atoms with Crippen molar-refractivity contribution < 1.29 is 9.47 Å². The number of anilines is 2. The Kier molecular flexibility index (Phi) is 4.66. The zero-order valence-corrected chi connectivity index (χ0v) is 10.8. The standard InChI is InChI=1S/C13H21N3O2/c1-15-13-3-2-11(10-12(13)14)18-9-6-16-4-7-17-8-5-16/h2-3,10,15H,4-9,14H2,1H3. The van der Waals surface area contributed by atoms with Crippen molar-refractivity contribution in [1.29, 1.82) is 0 Å². The molecule has 1 aliphatic rings. The molecule has 0 bridgehead atoms. The van der Waals surface area contributed by atoms with Gasteiger partial charge in [0.15, 0.2) is 0 Å². The molecule has 1 aromatic rings. The van der Waals surface area contributed by atoms with E-state index in [9.17, 15) is 0 Å². The lowest BCUT2D eigenvalue weighted by atomic mass is 10.2. The quantitative estimate of drug-likeness (QED) is 0.765. The number of ether oxygens (including phenoxy) is 2. The largest absolute Gasteiger partial charge is 0.492 e. The lowest BCUT2D eigenvalue weighted by Crippen LogP contribution is -2.38. The maximum Gasteiger partial charge on any atom is 0.121 e. The van der Waals surface area contributed by atoms with Crippen molar-refractivity contribution in [2.45, 2.75) is 0 Å². The molecule has 2 rings (SSSR count). The fourth-order valence-electron chi connectivity index (χ4n) is 1.98. The summed E-state index contributed by atoms with van der Waals surface area (Å²) in [5.74, 6) is 0.819. The Morgan fingerprint density at radius 1 is 1.39 bits per heavy atom. The third-order valence-electron chi connectivity index (χ3n) is 3.07. The molecule has 100 valence electrons. The minimum Gasteiger partial charge on any atom is -0.492 e. The maximum atomic E-state index is 5.88. The van der Waals surface area contributed by atoms with Crippen LogP contribution in [0.5, 0.6) is 5.75 Å². The molecule has 0 atom stereocenters. The number of nitrogens with one attached hydrogen (secondary N) is 1. The van der Waals surface area contributed by atoms with E-state index in [1.165, 1.54) is 0 Å².